The molecular formula is C23H26N2O3. The fourth-order valence-corrected chi connectivity index (χ4v) is 3.22. The molecule has 1 amide bonds. The predicted octanol–water partition coefficient (Wildman–Crippen LogP) is 4.23. The summed E-state index contributed by atoms with van der Waals surface area (Å²) in [5.41, 5.74) is 2.92. The van der Waals surface area contributed by atoms with E-state index >= 15 is 0 Å². The van der Waals surface area contributed by atoms with Crippen LogP contribution in [0.4, 0.5) is 0 Å². The van der Waals surface area contributed by atoms with Crippen molar-refractivity contribution in [2.45, 2.75) is 45.2 Å². The van der Waals surface area contributed by atoms with Crippen molar-refractivity contribution in [3.05, 3.63) is 59.2 Å². The summed E-state index contributed by atoms with van der Waals surface area (Å²) in [6.45, 7) is 3.17. The molecule has 0 bridgehead atoms. The zero-order chi connectivity index (χ0) is 19.9. The first-order valence-corrected chi connectivity index (χ1v) is 9.66. The van der Waals surface area contributed by atoms with Gasteiger partial charge in [-0.2, -0.15) is 5.26 Å². The lowest BCUT2D eigenvalue weighted by Crippen LogP contribution is -2.32. The van der Waals surface area contributed by atoms with Crippen LogP contribution < -0.4 is 9.47 Å². The Morgan fingerprint density at radius 1 is 1.21 bits per heavy atom. The van der Waals surface area contributed by atoms with Crippen LogP contribution in [-0.2, 0) is 11.3 Å². The van der Waals surface area contributed by atoms with Gasteiger partial charge in [0.1, 0.15) is 0 Å². The van der Waals surface area contributed by atoms with Crippen molar-refractivity contribution in [1.82, 2.24) is 4.90 Å². The fraction of sp³-hybridized carbons (Fsp3) is 0.391. The molecule has 2 aromatic rings. The van der Waals surface area contributed by atoms with Crippen LogP contribution in [0.5, 0.6) is 11.5 Å². The van der Waals surface area contributed by atoms with Crippen LogP contribution in [0, 0.1) is 18.3 Å². The molecule has 0 radical (unpaired) electrons. The van der Waals surface area contributed by atoms with E-state index in [2.05, 4.69) is 31.2 Å². The number of carbonyl (C=O) groups is 1. The molecule has 28 heavy (non-hydrogen) atoms. The number of benzene rings is 2. The fourth-order valence-electron chi connectivity index (χ4n) is 3.22. The first-order valence-electron chi connectivity index (χ1n) is 9.66. The molecule has 2 aromatic carbocycles. The number of ether oxygens (including phenoxy) is 2. The van der Waals surface area contributed by atoms with Crippen LogP contribution in [0.2, 0.25) is 0 Å². The third-order valence-corrected chi connectivity index (χ3v) is 4.83. The van der Waals surface area contributed by atoms with Gasteiger partial charge in [-0.1, -0.05) is 29.8 Å². The standard InChI is InChI=1S/C23H26N2O3/c1-17-5-3-6-19(13-17)16-25(20-9-10-20)23(26)7-4-12-28-21-11-8-18(15-24)14-22(21)27-2/h3,5-6,8,11,13-14,20H,4,7,9-10,12,16H2,1-2H3. The second kappa shape index (κ2) is 9.27. The van der Waals surface area contributed by atoms with Gasteiger partial charge in [-0.3, -0.25) is 4.79 Å². The molecule has 1 aliphatic rings. The van der Waals surface area contributed by atoms with E-state index in [1.54, 1.807) is 25.3 Å². The molecule has 146 valence electrons. The summed E-state index contributed by atoms with van der Waals surface area (Å²) in [5, 5.41) is 8.96. The molecule has 0 N–H and O–H groups in total. The molecule has 5 heteroatoms. The smallest absolute Gasteiger partial charge is 0.223 e. The van der Waals surface area contributed by atoms with E-state index in [4.69, 9.17) is 14.7 Å². The lowest BCUT2D eigenvalue weighted by atomic mass is 10.1. The minimum atomic E-state index is 0.180. The summed E-state index contributed by atoms with van der Waals surface area (Å²) >= 11 is 0. The summed E-state index contributed by atoms with van der Waals surface area (Å²) in [4.78, 5) is 14.8. The maximum atomic E-state index is 12.7. The monoisotopic (exact) mass is 378 g/mol. The van der Waals surface area contributed by atoms with Gasteiger partial charge in [-0.05, 0) is 43.9 Å². The Kier molecular flexibility index (Phi) is 6.54. The molecule has 0 spiro atoms. The molecular weight excluding hydrogens is 352 g/mol. The molecule has 5 nitrogen and oxygen atoms in total. The Balaban J connectivity index is 1.51. The third-order valence-electron chi connectivity index (χ3n) is 4.83. The van der Waals surface area contributed by atoms with Crippen LogP contribution in [0.25, 0.3) is 0 Å². The van der Waals surface area contributed by atoms with Gasteiger partial charge < -0.3 is 14.4 Å². The number of amides is 1. The molecule has 0 aliphatic heterocycles. The van der Waals surface area contributed by atoms with Gasteiger partial charge in [0.15, 0.2) is 11.5 Å². The molecule has 0 heterocycles. The number of methoxy groups -OCH3 is 1. The highest BCUT2D eigenvalue weighted by molar-refractivity contribution is 5.76. The van der Waals surface area contributed by atoms with Crippen molar-refractivity contribution in [1.29, 1.82) is 5.26 Å². The van der Waals surface area contributed by atoms with Crippen LogP contribution in [0.1, 0.15) is 42.4 Å². The number of nitriles is 1. The van der Waals surface area contributed by atoms with Gasteiger partial charge in [-0.15, -0.1) is 0 Å². The van der Waals surface area contributed by atoms with E-state index in [0.29, 0.717) is 49.1 Å². The molecule has 1 saturated carbocycles. The second-order valence-electron chi connectivity index (χ2n) is 7.17. The molecule has 1 aliphatic carbocycles. The summed E-state index contributed by atoms with van der Waals surface area (Å²) in [5.74, 6) is 1.30. The molecule has 0 atom stereocenters. The Labute approximate surface area is 166 Å². The van der Waals surface area contributed by atoms with E-state index < -0.39 is 0 Å². The molecule has 0 saturated heterocycles. The van der Waals surface area contributed by atoms with Gasteiger partial charge in [0.05, 0.1) is 25.3 Å². The summed E-state index contributed by atoms with van der Waals surface area (Å²) in [6.07, 6.45) is 3.28. The Morgan fingerprint density at radius 3 is 2.71 bits per heavy atom. The normalized spacial score (nSPS) is 12.9. The van der Waals surface area contributed by atoms with Crippen molar-refractivity contribution in [2.75, 3.05) is 13.7 Å². The van der Waals surface area contributed by atoms with Gasteiger partial charge in [0, 0.05) is 25.1 Å². The Bertz CT molecular complexity index is 868. The summed E-state index contributed by atoms with van der Waals surface area (Å²) in [7, 11) is 1.55. The van der Waals surface area contributed by atoms with E-state index in [-0.39, 0.29) is 5.91 Å². The quantitative estimate of drug-likeness (QED) is 0.613. The highest BCUT2D eigenvalue weighted by atomic mass is 16.5. The molecule has 0 unspecified atom stereocenters. The van der Waals surface area contributed by atoms with Crippen molar-refractivity contribution in [3.8, 4) is 17.6 Å². The highest BCUT2D eigenvalue weighted by Gasteiger charge is 2.32. The van der Waals surface area contributed by atoms with Crippen molar-refractivity contribution in [2.24, 2.45) is 0 Å². The van der Waals surface area contributed by atoms with Crippen LogP contribution in [0.15, 0.2) is 42.5 Å². The Hall–Kier alpha value is -3.00. The van der Waals surface area contributed by atoms with Crippen molar-refractivity contribution >= 4 is 5.91 Å². The zero-order valence-electron chi connectivity index (χ0n) is 16.5. The van der Waals surface area contributed by atoms with Crippen LogP contribution >= 0.6 is 0 Å². The molecule has 1 fully saturated rings. The topological polar surface area (TPSA) is 62.6 Å². The lowest BCUT2D eigenvalue weighted by molar-refractivity contribution is -0.132. The first-order chi connectivity index (χ1) is 13.6. The highest BCUT2D eigenvalue weighted by Crippen LogP contribution is 2.30. The van der Waals surface area contributed by atoms with Crippen molar-refractivity contribution < 1.29 is 14.3 Å². The van der Waals surface area contributed by atoms with Gasteiger partial charge in [0.2, 0.25) is 5.91 Å². The van der Waals surface area contributed by atoms with Gasteiger partial charge >= 0.3 is 0 Å². The number of hydrogen-bond acceptors (Lipinski definition) is 4. The summed E-state index contributed by atoms with van der Waals surface area (Å²) < 4.78 is 11.0. The van der Waals surface area contributed by atoms with Gasteiger partial charge in [-0.25, -0.2) is 0 Å². The number of rotatable bonds is 9. The van der Waals surface area contributed by atoms with Crippen LogP contribution in [-0.4, -0.2) is 30.6 Å². The van der Waals surface area contributed by atoms with Crippen LogP contribution in [0.3, 0.4) is 0 Å². The van der Waals surface area contributed by atoms with E-state index in [0.717, 1.165) is 12.8 Å². The van der Waals surface area contributed by atoms with Crippen molar-refractivity contribution in [3.63, 3.8) is 0 Å². The SMILES string of the molecule is COc1cc(C#N)ccc1OCCCC(=O)N(Cc1cccc(C)c1)C1CC1. The van der Waals surface area contributed by atoms with Gasteiger partial charge in [0.25, 0.3) is 0 Å². The largest absolute Gasteiger partial charge is 0.493 e. The first kappa shape index (κ1) is 19.8. The number of nitrogens with zero attached hydrogens (tertiary/aromatic N) is 2. The zero-order valence-corrected chi connectivity index (χ0v) is 16.5. The van der Waals surface area contributed by atoms with E-state index in [1.807, 2.05) is 11.0 Å². The predicted molar refractivity (Wildman–Crippen MR) is 107 cm³/mol. The summed E-state index contributed by atoms with van der Waals surface area (Å²) in [6, 6.07) is 15.9. The maximum Gasteiger partial charge on any atom is 0.223 e. The number of aryl methyl sites for hydroxylation is 1. The van der Waals surface area contributed by atoms with E-state index in [9.17, 15) is 4.79 Å². The second-order valence-corrected chi connectivity index (χ2v) is 7.17. The molecule has 0 aromatic heterocycles. The average molecular weight is 378 g/mol. The maximum absolute atomic E-state index is 12.7. The average Bonchev–Trinajstić information content (AvgIpc) is 3.54. The van der Waals surface area contributed by atoms with E-state index in [1.165, 1.54) is 11.1 Å². The number of carbonyl (C=O) groups excluding carboxylic acids is 1. The Morgan fingerprint density at radius 2 is 2.04 bits per heavy atom. The lowest BCUT2D eigenvalue weighted by Gasteiger charge is -2.23. The minimum absolute atomic E-state index is 0.180. The molecule has 3 rings (SSSR count). The number of hydrogen-bond donors (Lipinski definition) is 0. The minimum Gasteiger partial charge on any atom is -0.493 e. The third kappa shape index (κ3) is 5.26.